The standard InChI is InChI=1S/C26H38F2/c1-3-5-6-8-19-9-11-20(12-10-19)21-13-15-22(16-14-21)24-18-17-23(7-4-2)25(27)26(24)28/h9,11,17-22H,3-8,10,12-16H2,1-2H3. The number of hydrogen-bond acceptors (Lipinski definition) is 0. The van der Waals surface area contributed by atoms with Crippen molar-refractivity contribution in [2.45, 2.75) is 96.8 Å². The molecule has 0 radical (unpaired) electrons. The van der Waals surface area contributed by atoms with Gasteiger partial charge >= 0.3 is 0 Å². The Kier molecular flexibility index (Phi) is 8.11. The molecule has 0 aliphatic heterocycles. The van der Waals surface area contributed by atoms with Gasteiger partial charge in [0.25, 0.3) is 0 Å². The third-order valence-electron chi connectivity index (χ3n) is 7.21. The van der Waals surface area contributed by atoms with Crippen LogP contribution in [-0.4, -0.2) is 0 Å². The van der Waals surface area contributed by atoms with Crippen molar-refractivity contribution in [1.82, 2.24) is 0 Å². The van der Waals surface area contributed by atoms with Crippen molar-refractivity contribution in [3.05, 3.63) is 47.0 Å². The van der Waals surface area contributed by atoms with Crippen LogP contribution in [-0.2, 0) is 6.42 Å². The van der Waals surface area contributed by atoms with Gasteiger partial charge in [0.15, 0.2) is 11.6 Å². The smallest absolute Gasteiger partial charge is 0.162 e. The van der Waals surface area contributed by atoms with Crippen molar-refractivity contribution in [3.63, 3.8) is 0 Å². The number of rotatable bonds is 8. The monoisotopic (exact) mass is 388 g/mol. The molecule has 0 N–H and O–H groups in total. The van der Waals surface area contributed by atoms with Gasteiger partial charge < -0.3 is 0 Å². The third-order valence-corrected chi connectivity index (χ3v) is 7.21. The summed E-state index contributed by atoms with van der Waals surface area (Å²) in [5.41, 5.74) is 1.14. The first-order valence-corrected chi connectivity index (χ1v) is 11.8. The third kappa shape index (κ3) is 5.24. The van der Waals surface area contributed by atoms with Crippen molar-refractivity contribution >= 4 is 0 Å². The normalized spacial score (nSPS) is 27.9. The first-order valence-electron chi connectivity index (χ1n) is 11.8. The van der Waals surface area contributed by atoms with Crippen LogP contribution in [0.15, 0.2) is 24.3 Å². The Hall–Kier alpha value is -1.18. The Bertz CT molecular complexity index is 640. The lowest BCUT2D eigenvalue weighted by molar-refractivity contribution is 0.236. The van der Waals surface area contributed by atoms with Gasteiger partial charge in [0.1, 0.15) is 0 Å². The molecule has 1 saturated carbocycles. The van der Waals surface area contributed by atoms with Gasteiger partial charge in [-0.05, 0) is 86.2 Å². The average Bonchev–Trinajstić information content (AvgIpc) is 2.73. The van der Waals surface area contributed by atoms with Gasteiger partial charge in [-0.3, -0.25) is 0 Å². The van der Waals surface area contributed by atoms with Crippen LogP contribution in [0.3, 0.4) is 0 Å². The molecular formula is C26H38F2. The maximum absolute atomic E-state index is 14.6. The summed E-state index contributed by atoms with van der Waals surface area (Å²) in [4.78, 5) is 0. The summed E-state index contributed by atoms with van der Waals surface area (Å²) in [6.45, 7) is 4.27. The number of halogens is 2. The first-order chi connectivity index (χ1) is 13.6. The highest BCUT2D eigenvalue weighted by molar-refractivity contribution is 5.29. The zero-order valence-corrected chi connectivity index (χ0v) is 17.9. The van der Waals surface area contributed by atoms with E-state index < -0.39 is 11.6 Å². The number of hydrogen-bond donors (Lipinski definition) is 0. The van der Waals surface area contributed by atoms with Crippen molar-refractivity contribution in [2.24, 2.45) is 17.8 Å². The summed E-state index contributed by atoms with van der Waals surface area (Å²) < 4.78 is 28.9. The number of benzene rings is 1. The Morgan fingerprint density at radius 3 is 2.25 bits per heavy atom. The minimum Gasteiger partial charge on any atom is -0.203 e. The van der Waals surface area contributed by atoms with Crippen LogP contribution in [0.2, 0.25) is 0 Å². The highest BCUT2D eigenvalue weighted by Crippen LogP contribution is 2.43. The first kappa shape index (κ1) is 21.5. The van der Waals surface area contributed by atoms with E-state index in [0.29, 0.717) is 23.5 Å². The second kappa shape index (κ2) is 10.6. The van der Waals surface area contributed by atoms with Gasteiger partial charge in [0, 0.05) is 0 Å². The summed E-state index contributed by atoms with van der Waals surface area (Å²) >= 11 is 0. The van der Waals surface area contributed by atoms with E-state index >= 15 is 0 Å². The van der Waals surface area contributed by atoms with Crippen LogP contribution >= 0.6 is 0 Å². The van der Waals surface area contributed by atoms with Crippen LogP contribution in [0.5, 0.6) is 0 Å². The zero-order valence-electron chi connectivity index (χ0n) is 17.9. The Labute approximate surface area is 170 Å². The summed E-state index contributed by atoms with van der Waals surface area (Å²) in [7, 11) is 0. The minimum absolute atomic E-state index is 0.191. The molecule has 2 aliphatic carbocycles. The van der Waals surface area contributed by atoms with Crippen molar-refractivity contribution in [3.8, 4) is 0 Å². The maximum atomic E-state index is 14.6. The van der Waals surface area contributed by atoms with E-state index in [9.17, 15) is 8.78 Å². The van der Waals surface area contributed by atoms with Crippen LogP contribution in [0.25, 0.3) is 0 Å². The van der Waals surface area contributed by atoms with E-state index in [1.165, 1.54) is 38.5 Å². The minimum atomic E-state index is -0.606. The molecule has 0 nitrogen and oxygen atoms in total. The van der Waals surface area contributed by atoms with Crippen molar-refractivity contribution in [1.29, 1.82) is 0 Å². The van der Waals surface area contributed by atoms with Gasteiger partial charge in [-0.25, -0.2) is 8.78 Å². The van der Waals surface area contributed by atoms with E-state index in [2.05, 4.69) is 19.1 Å². The second-order valence-corrected chi connectivity index (χ2v) is 9.19. The molecule has 1 fully saturated rings. The average molecular weight is 389 g/mol. The lowest BCUT2D eigenvalue weighted by Gasteiger charge is -2.35. The Morgan fingerprint density at radius 2 is 1.61 bits per heavy atom. The molecule has 1 aromatic carbocycles. The van der Waals surface area contributed by atoms with E-state index in [1.54, 1.807) is 0 Å². The molecule has 1 aromatic rings. The highest BCUT2D eigenvalue weighted by Gasteiger charge is 2.30. The van der Waals surface area contributed by atoms with Gasteiger partial charge in [-0.15, -0.1) is 0 Å². The Balaban J connectivity index is 1.53. The highest BCUT2D eigenvalue weighted by atomic mass is 19.2. The van der Waals surface area contributed by atoms with Crippen LogP contribution < -0.4 is 0 Å². The summed E-state index contributed by atoms with van der Waals surface area (Å²) in [6, 6.07) is 3.67. The number of allylic oxidation sites excluding steroid dienone is 2. The van der Waals surface area contributed by atoms with Gasteiger partial charge in [0.05, 0.1) is 0 Å². The van der Waals surface area contributed by atoms with E-state index in [1.807, 2.05) is 19.1 Å². The second-order valence-electron chi connectivity index (χ2n) is 9.19. The fourth-order valence-corrected chi connectivity index (χ4v) is 5.43. The van der Waals surface area contributed by atoms with Gasteiger partial charge in [-0.2, -0.15) is 0 Å². The van der Waals surface area contributed by atoms with Crippen LogP contribution in [0, 0.1) is 29.4 Å². The lowest BCUT2D eigenvalue weighted by atomic mass is 9.70. The molecule has 2 heteroatoms. The fourth-order valence-electron chi connectivity index (χ4n) is 5.43. The SMILES string of the molecule is CCCCCC1C=CC(C2CCC(c3ccc(CCC)c(F)c3F)CC2)CC1. The number of unbranched alkanes of at least 4 members (excludes halogenated alkanes) is 2. The Morgan fingerprint density at radius 1 is 0.821 bits per heavy atom. The molecule has 0 saturated heterocycles. The zero-order chi connectivity index (χ0) is 19.9. The summed E-state index contributed by atoms with van der Waals surface area (Å²) in [5, 5.41) is 0. The summed E-state index contributed by atoms with van der Waals surface area (Å²) in [5.74, 6) is 1.23. The molecule has 156 valence electrons. The molecule has 2 aliphatic rings. The molecule has 0 amide bonds. The molecular weight excluding hydrogens is 350 g/mol. The predicted molar refractivity (Wildman–Crippen MR) is 115 cm³/mol. The van der Waals surface area contributed by atoms with E-state index in [0.717, 1.165) is 43.9 Å². The molecule has 0 spiro atoms. The lowest BCUT2D eigenvalue weighted by Crippen LogP contribution is -2.23. The largest absolute Gasteiger partial charge is 0.203 e. The van der Waals surface area contributed by atoms with Crippen LogP contribution in [0.1, 0.15) is 102 Å². The maximum Gasteiger partial charge on any atom is 0.162 e. The summed E-state index contributed by atoms with van der Waals surface area (Å²) in [6.07, 6.45) is 18.7. The van der Waals surface area contributed by atoms with E-state index in [-0.39, 0.29) is 5.92 Å². The number of aryl methyl sites for hydroxylation is 1. The molecule has 0 bridgehead atoms. The molecule has 3 rings (SSSR count). The quantitative estimate of drug-likeness (QED) is 0.310. The predicted octanol–water partition coefficient (Wildman–Crippen LogP) is 8.35. The molecule has 0 heterocycles. The van der Waals surface area contributed by atoms with Crippen LogP contribution in [0.4, 0.5) is 8.78 Å². The topological polar surface area (TPSA) is 0 Å². The molecule has 2 unspecified atom stereocenters. The van der Waals surface area contributed by atoms with E-state index in [4.69, 9.17) is 0 Å². The molecule has 0 aromatic heterocycles. The van der Waals surface area contributed by atoms with Gasteiger partial charge in [0.2, 0.25) is 0 Å². The molecule has 28 heavy (non-hydrogen) atoms. The molecule has 2 atom stereocenters. The van der Waals surface area contributed by atoms with Crippen molar-refractivity contribution in [2.75, 3.05) is 0 Å². The van der Waals surface area contributed by atoms with Gasteiger partial charge in [-0.1, -0.05) is 63.8 Å². The van der Waals surface area contributed by atoms with Crippen molar-refractivity contribution < 1.29 is 8.78 Å². The fraction of sp³-hybridized carbons (Fsp3) is 0.692.